The molecule has 2 amide bonds. The van der Waals surface area contributed by atoms with Crippen LogP contribution < -0.4 is 11.1 Å². The molecule has 0 saturated carbocycles. The Labute approximate surface area is 139 Å². The van der Waals surface area contributed by atoms with Crippen molar-refractivity contribution in [2.45, 2.75) is 47.1 Å². The molecule has 0 spiro atoms. The van der Waals surface area contributed by atoms with Crippen molar-refractivity contribution in [3.63, 3.8) is 0 Å². The first-order valence-corrected chi connectivity index (χ1v) is 8.28. The first-order valence-electron chi connectivity index (χ1n) is 8.28. The van der Waals surface area contributed by atoms with Gasteiger partial charge in [-0.2, -0.15) is 0 Å². The zero-order chi connectivity index (χ0) is 17.5. The van der Waals surface area contributed by atoms with Crippen LogP contribution in [0.1, 0.15) is 46.1 Å². The molecule has 0 atom stereocenters. The number of benzene rings is 1. The molecule has 1 aromatic carbocycles. The third-order valence-corrected chi connectivity index (χ3v) is 4.61. The van der Waals surface area contributed by atoms with Crippen molar-refractivity contribution in [3.05, 3.63) is 29.8 Å². The lowest BCUT2D eigenvalue weighted by Crippen LogP contribution is -2.41. The van der Waals surface area contributed by atoms with Crippen molar-refractivity contribution in [2.24, 2.45) is 11.1 Å². The van der Waals surface area contributed by atoms with Gasteiger partial charge in [0.05, 0.1) is 5.41 Å². The van der Waals surface area contributed by atoms with Gasteiger partial charge in [-0.15, -0.1) is 0 Å². The lowest BCUT2D eigenvalue weighted by molar-refractivity contribution is -0.129. The number of carbonyl (C=O) groups excluding carboxylic acids is 2. The minimum Gasteiger partial charge on any atom is -0.339 e. The lowest BCUT2D eigenvalue weighted by atomic mass is 9.81. The first-order chi connectivity index (χ1) is 10.9. The standard InChI is InChI=1S/C18H29N3O2/c1-5-18(6-2,13-19)17(23)20-16-10-8-9-15(11-16)12-21(7-3)14(4)22/h8-11H,5-7,12-13,19H2,1-4H3,(H,20,23). The molecule has 0 fully saturated rings. The van der Waals surface area contributed by atoms with Gasteiger partial charge in [-0.3, -0.25) is 9.59 Å². The van der Waals surface area contributed by atoms with Gasteiger partial charge in [-0.25, -0.2) is 0 Å². The Balaban J connectivity index is 2.89. The monoisotopic (exact) mass is 319 g/mol. The van der Waals surface area contributed by atoms with Gasteiger partial charge in [-0.1, -0.05) is 26.0 Å². The van der Waals surface area contributed by atoms with Crippen LogP contribution in [0.4, 0.5) is 5.69 Å². The number of hydrogen-bond donors (Lipinski definition) is 2. The van der Waals surface area contributed by atoms with Crippen LogP contribution in [0.2, 0.25) is 0 Å². The van der Waals surface area contributed by atoms with Crippen LogP contribution >= 0.6 is 0 Å². The predicted molar refractivity (Wildman–Crippen MR) is 93.9 cm³/mol. The highest BCUT2D eigenvalue weighted by Gasteiger charge is 2.33. The summed E-state index contributed by atoms with van der Waals surface area (Å²) < 4.78 is 0. The second-order valence-electron chi connectivity index (χ2n) is 5.88. The Bertz CT molecular complexity index is 531. The van der Waals surface area contributed by atoms with E-state index in [2.05, 4.69) is 5.32 Å². The number of rotatable bonds is 8. The number of nitrogens with zero attached hydrogens (tertiary/aromatic N) is 1. The van der Waals surface area contributed by atoms with Crippen molar-refractivity contribution in [3.8, 4) is 0 Å². The molecule has 0 aromatic heterocycles. The minimum atomic E-state index is -0.523. The van der Waals surface area contributed by atoms with Gasteiger partial charge in [0.2, 0.25) is 11.8 Å². The predicted octanol–water partition coefficient (Wildman–Crippen LogP) is 2.76. The molecule has 1 rings (SSSR count). The summed E-state index contributed by atoms with van der Waals surface area (Å²) in [7, 11) is 0. The van der Waals surface area contributed by atoms with Gasteiger partial charge in [0.25, 0.3) is 0 Å². The van der Waals surface area contributed by atoms with Crippen LogP contribution in [0, 0.1) is 5.41 Å². The van der Waals surface area contributed by atoms with Crippen molar-refractivity contribution < 1.29 is 9.59 Å². The fourth-order valence-corrected chi connectivity index (χ4v) is 2.63. The van der Waals surface area contributed by atoms with Crippen LogP contribution in [0.25, 0.3) is 0 Å². The van der Waals surface area contributed by atoms with Crippen LogP contribution in [0.15, 0.2) is 24.3 Å². The number of amides is 2. The topological polar surface area (TPSA) is 75.4 Å². The molecular formula is C18H29N3O2. The van der Waals surface area contributed by atoms with E-state index in [1.807, 2.05) is 45.0 Å². The Morgan fingerprint density at radius 3 is 2.35 bits per heavy atom. The highest BCUT2D eigenvalue weighted by atomic mass is 16.2. The van der Waals surface area contributed by atoms with E-state index in [1.54, 1.807) is 11.8 Å². The molecule has 23 heavy (non-hydrogen) atoms. The average Bonchev–Trinajstić information content (AvgIpc) is 2.55. The van der Waals surface area contributed by atoms with Gasteiger partial charge in [0, 0.05) is 32.2 Å². The number of anilines is 1. The Hall–Kier alpha value is -1.88. The van der Waals surface area contributed by atoms with E-state index in [1.165, 1.54) is 0 Å². The van der Waals surface area contributed by atoms with Gasteiger partial charge in [0.15, 0.2) is 0 Å². The Morgan fingerprint density at radius 1 is 1.22 bits per heavy atom. The maximum atomic E-state index is 12.6. The van der Waals surface area contributed by atoms with Crippen molar-refractivity contribution in [1.29, 1.82) is 0 Å². The normalized spacial score (nSPS) is 11.2. The molecule has 5 heteroatoms. The molecule has 0 saturated heterocycles. The SMILES string of the molecule is CCN(Cc1cccc(NC(=O)C(CC)(CC)CN)c1)C(C)=O. The summed E-state index contributed by atoms with van der Waals surface area (Å²) >= 11 is 0. The summed E-state index contributed by atoms with van der Waals surface area (Å²) in [6.07, 6.45) is 1.42. The second-order valence-corrected chi connectivity index (χ2v) is 5.88. The Morgan fingerprint density at radius 2 is 1.87 bits per heavy atom. The zero-order valence-corrected chi connectivity index (χ0v) is 14.7. The molecule has 0 aliphatic carbocycles. The lowest BCUT2D eigenvalue weighted by Gasteiger charge is -2.28. The van der Waals surface area contributed by atoms with Crippen LogP contribution in [-0.4, -0.2) is 29.8 Å². The van der Waals surface area contributed by atoms with E-state index in [-0.39, 0.29) is 11.8 Å². The third kappa shape index (κ3) is 4.79. The molecule has 5 nitrogen and oxygen atoms in total. The molecule has 128 valence electrons. The van der Waals surface area contributed by atoms with E-state index in [0.717, 1.165) is 11.3 Å². The van der Waals surface area contributed by atoms with Gasteiger partial charge >= 0.3 is 0 Å². The van der Waals surface area contributed by atoms with E-state index in [0.29, 0.717) is 32.5 Å². The summed E-state index contributed by atoms with van der Waals surface area (Å²) in [5, 5.41) is 2.97. The molecule has 0 radical (unpaired) electrons. The van der Waals surface area contributed by atoms with E-state index >= 15 is 0 Å². The largest absolute Gasteiger partial charge is 0.339 e. The molecule has 3 N–H and O–H groups in total. The van der Waals surface area contributed by atoms with Gasteiger partial charge in [0.1, 0.15) is 0 Å². The fourth-order valence-electron chi connectivity index (χ4n) is 2.63. The maximum Gasteiger partial charge on any atom is 0.231 e. The second kappa shape index (κ2) is 8.67. The average molecular weight is 319 g/mol. The van der Waals surface area contributed by atoms with E-state index in [4.69, 9.17) is 5.73 Å². The minimum absolute atomic E-state index is 0.0407. The van der Waals surface area contributed by atoms with Crippen molar-refractivity contribution >= 4 is 17.5 Å². The quantitative estimate of drug-likeness (QED) is 0.773. The number of hydrogen-bond acceptors (Lipinski definition) is 3. The summed E-state index contributed by atoms with van der Waals surface area (Å²) in [6, 6.07) is 7.62. The summed E-state index contributed by atoms with van der Waals surface area (Å²) in [5.74, 6) is 0.00196. The summed E-state index contributed by atoms with van der Waals surface area (Å²) in [5.41, 5.74) is 7.04. The smallest absolute Gasteiger partial charge is 0.231 e. The van der Waals surface area contributed by atoms with Crippen LogP contribution in [-0.2, 0) is 16.1 Å². The van der Waals surface area contributed by atoms with Crippen LogP contribution in [0.3, 0.4) is 0 Å². The molecule has 1 aromatic rings. The summed E-state index contributed by atoms with van der Waals surface area (Å²) in [6.45, 7) is 9.02. The zero-order valence-electron chi connectivity index (χ0n) is 14.7. The Kier molecular flexibility index (Phi) is 7.23. The maximum absolute atomic E-state index is 12.6. The van der Waals surface area contributed by atoms with Gasteiger partial charge < -0.3 is 16.0 Å². The highest BCUT2D eigenvalue weighted by molar-refractivity contribution is 5.95. The number of nitrogens with two attached hydrogens (primary N) is 1. The van der Waals surface area contributed by atoms with E-state index < -0.39 is 5.41 Å². The number of nitrogens with one attached hydrogen (secondary N) is 1. The molecular weight excluding hydrogens is 290 g/mol. The molecule has 0 aliphatic heterocycles. The van der Waals surface area contributed by atoms with Crippen molar-refractivity contribution in [2.75, 3.05) is 18.4 Å². The highest BCUT2D eigenvalue weighted by Crippen LogP contribution is 2.27. The summed E-state index contributed by atoms with van der Waals surface area (Å²) in [4.78, 5) is 25.9. The van der Waals surface area contributed by atoms with Gasteiger partial charge in [-0.05, 0) is 37.5 Å². The first kappa shape index (κ1) is 19.2. The number of carbonyl (C=O) groups is 2. The van der Waals surface area contributed by atoms with Crippen molar-refractivity contribution in [1.82, 2.24) is 4.90 Å². The molecule has 0 heterocycles. The molecule has 0 aliphatic rings. The van der Waals surface area contributed by atoms with Crippen LogP contribution in [0.5, 0.6) is 0 Å². The van der Waals surface area contributed by atoms with E-state index in [9.17, 15) is 9.59 Å². The molecule has 0 bridgehead atoms. The molecule has 0 unspecified atom stereocenters. The fraction of sp³-hybridized carbons (Fsp3) is 0.556. The third-order valence-electron chi connectivity index (χ3n) is 4.61.